The predicted molar refractivity (Wildman–Crippen MR) is 161 cm³/mol. The molecule has 7 nitrogen and oxygen atoms in total. The van der Waals surface area contributed by atoms with Gasteiger partial charge < -0.3 is 14.5 Å². The highest BCUT2D eigenvalue weighted by Crippen LogP contribution is 2.35. The third kappa shape index (κ3) is 6.83. The first-order valence-electron chi connectivity index (χ1n) is 14.5. The van der Waals surface area contributed by atoms with Crippen molar-refractivity contribution in [3.8, 4) is 0 Å². The van der Waals surface area contributed by atoms with Gasteiger partial charge in [-0.15, -0.1) is 0 Å². The molecule has 8 heteroatoms. The zero-order valence-corrected chi connectivity index (χ0v) is 24.9. The third-order valence-corrected chi connectivity index (χ3v) is 10.6. The summed E-state index contributed by atoms with van der Waals surface area (Å²) in [5, 5.41) is 0. The van der Waals surface area contributed by atoms with E-state index in [0.29, 0.717) is 24.0 Å². The Bertz CT molecular complexity index is 1390. The molecule has 0 N–H and O–H groups in total. The molecule has 2 unspecified atom stereocenters. The number of carbonyl (C=O) groups is 1. The minimum Gasteiger partial charge on any atom is -0.445 e. The Hall–Kier alpha value is -3.20. The second-order valence-corrected chi connectivity index (χ2v) is 13.7. The van der Waals surface area contributed by atoms with Crippen molar-refractivity contribution in [1.29, 1.82) is 0 Å². The monoisotopic (exact) mass is 575 g/mol. The molecule has 0 aliphatic carbocycles. The van der Waals surface area contributed by atoms with Gasteiger partial charge >= 0.3 is 6.09 Å². The number of piperidine rings is 1. The molecule has 0 bridgehead atoms. The van der Waals surface area contributed by atoms with Crippen LogP contribution >= 0.6 is 0 Å². The number of amides is 1. The molecule has 3 aromatic carbocycles. The molecule has 1 amide bonds. The van der Waals surface area contributed by atoms with Crippen molar-refractivity contribution in [2.75, 3.05) is 39.8 Å². The summed E-state index contributed by atoms with van der Waals surface area (Å²) in [4.78, 5) is 17.6. The first-order chi connectivity index (χ1) is 19.8. The number of rotatable bonds is 10. The quantitative estimate of drug-likeness (QED) is 0.324. The molecule has 2 aliphatic heterocycles. The van der Waals surface area contributed by atoms with E-state index in [1.165, 1.54) is 4.31 Å². The number of fused-ring (bicyclic) bond motifs is 1. The van der Waals surface area contributed by atoms with Gasteiger partial charge in [-0.25, -0.2) is 17.5 Å². The summed E-state index contributed by atoms with van der Waals surface area (Å²) >= 11 is 0. The van der Waals surface area contributed by atoms with Crippen LogP contribution in [0.25, 0.3) is 0 Å². The maximum atomic E-state index is 13.4. The minimum atomic E-state index is -3.60. The van der Waals surface area contributed by atoms with Crippen LogP contribution in [0.3, 0.4) is 0 Å². The summed E-state index contributed by atoms with van der Waals surface area (Å²) in [6.07, 6.45) is 2.52. The molecule has 41 heavy (non-hydrogen) atoms. The van der Waals surface area contributed by atoms with E-state index >= 15 is 0 Å². The van der Waals surface area contributed by atoms with Crippen LogP contribution in [0.5, 0.6) is 0 Å². The van der Waals surface area contributed by atoms with Gasteiger partial charge in [0.2, 0.25) is 10.0 Å². The van der Waals surface area contributed by atoms with Crippen LogP contribution < -0.4 is 0 Å². The Morgan fingerprint density at radius 1 is 0.927 bits per heavy atom. The van der Waals surface area contributed by atoms with Crippen LogP contribution in [0.15, 0.2) is 95.9 Å². The summed E-state index contributed by atoms with van der Waals surface area (Å²) in [5.74, 6) is 0.428. The second-order valence-electron chi connectivity index (χ2n) is 11.7. The first-order valence-corrected chi connectivity index (χ1v) is 16.0. The van der Waals surface area contributed by atoms with Gasteiger partial charge in [-0.2, -0.15) is 0 Å². The first kappa shape index (κ1) is 29.3. The highest BCUT2D eigenvalue weighted by molar-refractivity contribution is 7.89. The fourth-order valence-electron chi connectivity index (χ4n) is 6.40. The van der Waals surface area contributed by atoms with Gasteiger partial charge in [0, 0.05) is 44.7 Å². The Balaban J connectivity index is 1.20. The Morgan fingerprint density at radius 3 is 2.24 bits per heavy atom. The number of sulfonamides is 1. The van der Waals surface area contributed by atoms with Crippen molar-refractivity contribution in [3.05, 3.63) is 102 Å². The maximum absolute atomic E-state index is 13.4. The average Bonchev–Trinajstić information content (AvgIpc) is 3.44. The van der Waals surface area contributed by atoms with E-state index in [-0.39, 0.29) is 17.6 Å². The lowest BCUT2D eigenvalue weighted by Gasteiger charge is -2.40. The SMILES string of the molecule is CN(C[C@@](C)(CCN1CCC2C(CCN2C(=O)OCc2ccccc2)C1)c1ccccc1)S(=O)(=O)c1ccccc1. The second kappa shape index (κ2) is 12.8. The van der Waals surface area contributed by atoms with E-state index in [2.05, 4.69) is 24.0 Å². The normalized spacial score (nSPS) is 20.9. The van der Waals surface area contributed by atoms with Crippen molar-refractivity contribution in [3.63, 3.8) is 0 Å². The Morgan fingerprint density at radius 2 is 1.56 bits per heavy atom. The smallest absolute Gasteiger partial charge is 0.410 e. The molecule has 2 heterocycles. The zero-order valence-electron chi connectivity index (χ0n) is 24.1. The Labute approximate surface area is 244 Å². The molecule has 0 radical (unpaired) electrons. The number of benzene rings is 3. The molecule has 2 saturated heterocycles. The molecule has 0 aromatic heterocycles. The van der Waals surface area contributed by atoms with Crippen molar-refractivity contribution in [1.82, 2.24) is 14.1 Å². The molecule has 3 atom stereocenters. The van der Waals surface area contributed by atoms with E-state index in [9.17, 15) is 13.2 Å². The van der Waals surface area contributed by atoms with Crippen LogP contribution in [0.4, 0.5) is 4.79 Å². The summed E-state index contributed by atoms with van der Waals surface area (Å²) < 4.78 is 33.9. The van der Waals surface area contributed by atoms with E-state index in [0.717, 1.165) is 56.6 Å². The molecular formula is C33H41N3O4S. The van der Waals surface area contributed by atoms with Gasteiger partial charge in [-0.3, -0.25) is 0 Å². The van der Waals surface area contributed by atoms with E-state index in [1.807, 2.05) is 59.5 Å². The highest BCUT2D eigenvalue weighted by atomic mass is 32.2. The lowest BCUT2D eigenvalue weighted by atomic mass is 9.79. The van der Waals surface area contributed by atoms with Gasteiger partial charge in [0.15, 0.2) is 0 Å². The van der Waals surface area contributed by atoms with Crippen molar-refractivity contribution in [2.45, 2.75) is 49.1 Å². The van der Waals surface area contributed by atoms with Gasteiger partial charge in [-0.05, 0) is 55.0 Å². The highest BCUT2D eigenvalue weighted by Gasteiger charge is 2.42. The van der Waals surface area contributed by atoms with Crippen LogP contribution in [0, 0.1) is 5.92 Å². The number of hydrogen-bond acceptors (Lipinski definition) is 5. The van der Waals surface area contributed by atoms with E-state index in [4.69, 9.17) is 4.74 Å². The zero-order chi connectivity index (χ0) is 28.9. The lowest BCUT2D eigenvalue weighted by molar-refractivity contribution is 0.0671. The fraction of sp³-hybridized carbons (Fsp3) is 0.424. The number of carbonyl (C=O) groups excluding carboxylic acids is 1. The average molecular weight is 576 g/mol. The third-order valence-electron chi connectivity index (χ3n) is 8.83. The number of ether oxygens (including phenoxy) is 1. The number of hydrogen-bond donors (Lipinski definition) is 0. The molecule has 2 aliphatic rings. The molecule has 3 aromatic rings. The van der Waals surface area contributed by atoms with Crippen LogP contribution in [0.2, 0.25) is 0 Å². The molecular weight excluding hydrogens is 534 g/mol. The van der Waals surface area contributed by atoms with Gasteiger partial charge in [0.25, 0.3) is 0 Å². The summed E-state index contributed by atoms with van der Waals surface area (Å²) in [6.45, 7) is 6.31. The number of nitrogens with zero attached hydrogens (tertiary/aromatic N) is 3. The van der Waals surface area contributed by atoms with Gasteiger partial charge in [0.05, 0.1) is 4.90 Å². The lowest BCUT2D eigenvalue weighted by Crippen LogP contribution is -2.49. The number of likely N-dealkylation sites (N-methyl/N-ethyl adjacent to an activating group) is 1. The Kier molecular flexibility index (Phi) is 9.12. The van der Waals surface area contributed by atoms with E-state index < -0.39 is 10.0 Å². The molecule has 0 spiro atoms. The van der Waals surface area contributed by atoms with Gasteiger partial charge in [0.1, 0.15) is 6.61 Å². The fourth-order valence-corrected chi connectivity index (χ4v) is 7.72. The minimum absolute atomic E-state index is 0.214. The largest absolute Gasteiger partial charge is 0.445 e. The van der Waals surface area contributed by atoms with Crippen LogP contribution in [0.1, 0.15) is 37.3 Å². The maximum Gasteiger partial charge on any atom is 0.410 e. The topological polar surface area (TPSA) is 70.2 Å². The van der Waals surface area contributed by atoms with Crippen molar-refractivity contribution < 1.29 is 17.9 Å². The molecule has 2 fully saturated rings. The number of likely N-dealkylation sites (tertiary alicyclic amines) is 2. The van der Waals surface area contributed by atoms with E-state index in [1.54, 1.807) is 31.3 Å². The molecule has 0 saturated carbocycles. The van der Waals surface area contributed by atoms with Crippen LogP contribution in [-0.4, -0.2) is 74.4 Å². The summed E-state index contributed by atoms with van der Waals surface area (Å²) in [7, 11) is -1.92. The molecule has 5 rings (SSSR count). The van der Waals surface area contributed by atoms with Gasteiger partial charge in [-0.1, -0.05) is 85.8 Å². The van der Waals surface area contributed by atoms with Crippen molar-refractivity contribution in [2.24, 2.45) is 5.92 Å². The summed E-state index contributed by atoms with van der Waals surface area (Å²) in [5.41, 5.74) is 1.77. The molecule has 218 valence electrons. The predicted octanol–water partition coefficient (Wildman–Crippen LogP) is 5.39. The standard InChI is InChI=1S/C33H41N3O4S/c1-33(29-14-8-4-9-15-29,26-34(2)41(38,39)30-16-10-5-11-17-30)20-23-35-21-19-31-28(24-35)18-22-36(31)32(37)40-25-27-12-6-3-7-13-27/h3-17,28,31H,18-26H2,1-2H3/t28?,31?,33-/m1/s1. The van der Waals surface area contributed by atoms with Crippen molar-refractivity contribution >= 4 is 16.1 Å². The summed E-state index contributed by atoms with van der Waals surface area (Å²) in [6, 6.07) is 28.9. The van der Waals surface area contributed by atoms with Crippen LogP contribution in [-0.2, 0) is 26.8 Å².